The smallest absolute Gasteiger partial charge is 0.180 e. The van der Waals surface area contributed by atoms with Crippen LogP contribution in [0.4, 0.5) is 0 Å². The fraction of sp³-hybridized carbons (Fsp3) is 0.462. The summed E-state index contributed by atoms with van der Waals surface area (Å²) in [4.78, 5) is 4.09. The predicted octanol–water partition coefficient (Wildman–Crippen LogP) is 3.28. The molecule has 4 heteroatoms. The van der Waals surface area contributed by atoms with E-state index < -0.39 is 0 Å². The Labute approximate surface area is 110 Å². The molecule has 0 unspecified atom stereocenters. The molecule has 0 radical (unpaired) electrons. The zero-order valence-electron chi connectivity index (χ0n) is 11.1. The normalized spacial score (nSPS) is 12.6. The van der Waals surface area contributed by atoms with Gasteiger partial charge in [-0.2, -0.15) is 0 Å². The summed E-state index contributed by atoms with van der Waals surface area (Å²) in [6, 6.07) is 0. The van der Waals surface area contributed by atoms with E-state index in [2.05, 4.69) is 36.1 Å². The molecule has 0 spiro atoms. The van der Waals surface area contributed by atoms with Crippen LogP contribution in [0.1, 0.15) is 27.7 Å². The number of nitrogens with one attached hydrogen (secondary N) is 1. The quantitative estimate of drug-likeness (QED) is 0.330. The molecule has 1 N–H and O–H groups in total. The third kappa shape index (κ3) is 8.63. The Kier molecular flexibility index (Phi) is 6.73. The maximum absolute atomic E-state index is 5.52. The van der Waals surface area contributed by atoms with Crippen LogP contribution in [0.3, 0.4) is 0 Å². The van der Waals surface area contributed by atoms with Crippen LogP contribution in [-0.4, -0.2) is 17.2 Å². The van der Waals surface area contributed by atoms with Crippen molar-refractivity contribution >= 4 is 17.7 Å². The summed E-state index contributed by atoms with van der Waals surface area (Å²) >= 11 is 4.24. The van der Waals surface area contributed by atoms with Crippen LogP contribution in [0.25, 0.3) is 0 Å². The summed E-state index contributed by atoms with van der Waals surface area (Å²) in [5.74, 6) is 0.519. The zero-order valence-corrected chi connectivity index (χ0v) is 12.0. The van der Waals surface area contributed by atoms with Crippen LogP contribution in [0.5, 0.6) is 0 Å². The number of allylic oxidation sites excluding steroid dienone is 1. The van der Waals surface area contributed by atoms with Crippen molar-refractivity contribution in [3.05, 3.63) is 36.9 Å². The Balaban J connectivity index is 4.13. The van der Waals surface area contributed by atoms with Gasteiger partial charge in [-0.05, 0) is 39.8 Å². The molecule has 0 heterocycles. The van der Waals surface area contributed by atoms with Gasteiger partial charge in [0.2, 0.25) is 0 Å². The molecule has 0 aliphatic heterocycles. The second-order valence-corrected chi connectivity index (χ2v) is 4.95. The number of nitrogens with zero attached hydrogens (tertiary/aromatic N) is 1. The molecule has 0 saturated heterocycles. The fourth-order valence-electron chi connectivity index (χ4n) is 0.926. The second kappa shape index (κ2) is 7.22. The van der Waals surface area contributed by atoms with Gasteiger partial charge in [0.1, 0.15) is 5.60 Å². The van der Waals surface area contributed by atoms with Crippen molar-refractivity contribution in [2.75, 3.05) is 6.54 Å². The number of rotatable bonds is 6. The maximum Gasteiger partial charge on any atom is 0.180 e. The van der Waals surface area contributed by atoms with Crippen molar-refractivity contribution in [2.24, 2.45) is 4.99 Å². The van der Waals surface area contributed by atoms with Crippen LogP contribution in [-0.2, 0) is 4.74 Å². The first kappa shape index (κ1) is 15.8. The molecule has 0 aromatic heterocycles. The molecular formula is C13H22N2OS. The lowest BCUT2D eigenvalue weighted by Gasteiger charge is -2.23. The van der Waals surface area contributed by atoms with Crippen molar-refractivity contribution < 1.29 is 4.74 Å². The predicted molar refractivity (Wildman–Crippen MR) is 78.4 cm³/mol. The van der Waals surface area contributed by atoms with E-state index in [4.69, 9.17) is 4.74 Å². The molecule has 0 saturated carbocycles. The minimum Gasteiger partial charge on any atom is -0.474 e. The Morgan fingerprint density at radius 2 is 2.00 bits per heavy atom. The molecule has 0 aliphatic carbocycles. The lowest BCUT2D eigenvalue weighted by atomic mass is 10.2. The first-order chi connectivity index (χ1) is 7.76. The fourth-order valence-corrected chi connectivity index (χ4v) is 1.07. The number of ether oxygens (including phenoxy) is 1. The van der Waals surface area contributed by atoms with E-state index in [0.717, 1.165) is 5.57 Å². The van der Waals surface area contributed by atoms with Gasteiger partial charge in [0.15, 0.2) is 5.88 Å². The molecule has 0 fully saturated rings. The highest BCUT2D eigenvalue weighted by Gasteiger charge is 2.12. The van der Waals surface area contributed by atoms with E-state index in [1.165, 1.54) is 0 Å². The van der Waals surface area contributed by atoms with Crippen molar-refractivity contribution in [1.29, 1.82) is 0 Å². The van der Waals surface area contributed by atoms with Gasteiger partial charge < -0.3 is 10.1 Å². The van der Waals surface area contributed by atoms with Crippen LogP contribution in [0.15, 0.2) is 41.9 Å². The number of hydrogen-bond donors (Lipinski definition) is 2. The standard InChI is InChI=1S/C13H22N2OS/c1-7-8-14-12(17)10(2)9-15-11(3)16-13(4,5)6/h7-8,15H,2-3,9H2,1,4-6H3,(H,14,17)/b8-7-. The first-order valence-electron chi connectivity index (χ1n) is 5.44. The van der Waals surface area contributed by atoms with Gasteiger partial charge in [-0.15, -0.1) is 12.6 Å². The third-order valence-electron chi connectivity index (χ3n) is 1.59. The maximum atomic E-state index is 5.52. The number of hydrogen-bond acceptors (Lipinski definition) is 3. The summed E-state index contributed by atoms with van der Waals surface area (Å²) in [6.45, 7) is 16.0. The summed E-state index contributed by atoms with van der Waals surface area (Å²) < 4.78 is 5.52. The highest BCUT2D eigenvalue weighted by molar-refractivity contribution is 7.97. The summed E-state index contributed by atoms with van der Waals surface area (Å²) in [5.41, 5.74) is 0.527. The van der Waals surface area contributed by atoms with Crippen LogP contribution >= 0.6 is 12.6 Å². The lowest BCUT2D eigenvalue weighted by Crippen LogP contribution is -2.27. The van der Waals surface area contributed by atoms with E-state index >= 15 is 0 Å². The Morgan fingerprint density at radius 1 is 1.41 bits per heavy atom. The van der Waals surface area contributed by atoms with Crippen molar-refractivity contribution in [3.63, 3.8) is 0 Å². The minimum absolute atomic E-state index is 0.256. The number of aliphatic imine (C=N–C) groups is 1. The van der Waals surface area contributed by atoms with E-state index in [9.17, 15) is 0 Å². The topological polar surface area (TPSA) is 33.6 Å². The van der Waals surface area contributed by atoms with Gasteiger partial charge in [0.05, 0.1) is 5.04 Å². The van der Waals surface area contributed by atoms with Crippen LogP contribution in [0, 0.1) is 0 Å². The summed E-state index contributed by atoms with van der Waals surface area (Å²) in [7, 11) is 0. The third-order valence-corrected chi connectivity index (χ3v) is 2.02. The molecule has 96 valence electrons. The van der Waals surface area contributed by atoms with E-state index in [1.54, 1.807) is 6.20 Å². The van der Waals surface area contributed by atoms with E-state index in [0.29, 0.717) is 17.5 Å². The summed E-state index contributed by atoms with van der Waals surface area (Å²) in [5, 5.41) is 3.62. The van der Waals surface area contributed by atoms with Gasteiger partial charge in [-0.25, -0.2) is 0 Å². The molecule has 17 heavy (non-hydrogen) atoms. The van der Waals surface area contributed by atoms with Crippen molar-refractivity contribution in [1.82, 2.24) is 5.32 Å². The molecule has 0 aromatic carbocycles. The lowest BCUT2D eigenvalue weighted by molar-refractivity contribution is 0.0424. The molecule has 0 atom stereocenters. The van der Waals surface area contributed by atoms with Gasteiger partial charge >= 0.3 is 0 Å². The van der Waals surface area contributed by atoms with Gasteiger partial charge in [-0.3, -0.25) is 4.99 Å². The highest BCUT2D eigenvalue weighted by Crippen LogP contribution is 2.10. The largest absolute Gasteiger partial charge is 0.474 e. The van der Waals surface area contributed by atoms with Gasteiger partial charge in [0.25, 0.3) is 0 Å². The van der Waals surface area contributed by atoms with Gasteiger partial charge in [0, 0.05) is 12.7 Å². The van der Waals surface area contributed by atoms with Crippen LogP contribution in [0.2, 0.25) is 0 Å². The van der Waals surface area contributed by atoms with E-state index in [-0.39, 0.29) is 5.60 Å². The molecule has 0 aromatic rings. The van der Waals surface area contributed by atoms with Crippen molar-refractivity contribution in [2.45, 2.75) is 33.3 Å². The SMILES string of the molecule is C=C(NCC(=C)/C(S)=N/C=C\C)OC(C)(C)C. The Bertz CT molecular complexity index is 338. The molecule has 3 nitrogen and oxygen atoms in total. The zero-order chi connectivity index (χ0) is 13.5. The average molecular weight is 254 g/mol. The molecule has 0 amide bonds. The van der Waals surface area contributed by atoms with E-state index in [1.807, 2.05) is 33.8 Å². The molecule has 0 bridgehead atoms. The molecular weight excluding hydrogens is 232 g/mol. The average Bonchev–Trinajstić information content (AvgIpc) is 2.20. The van der Waals surface area contributed by atoms with Crippen LogP contribution < -0.4 is 5.32 Å². The Hall–Kier alpha value is -1.16. The van der Waals surface area contributed by atoms with Crippen molar-refractivity contribution in [3.8, 4) is 0 Å². The molecule has 0 rings (SSSR count). The highest BCUT2D eigenvalue weighted by atomic mass is 32.1. The molecule has 0 aliphatic rings. The Morgan fingerprint density at radius 3 is 2.47 bits per heavy atom. The van der Waals surface area contributed by atoms with Gasteiger partial charge in [-0.1, -0.05) is 12.7 Å². The first-order valence-corrected chi connectivity index (χ1v) is 5.89. The monoisotopic (exact) mass is 254 g/mol. The second-order valence-electron chi connectivity index (χ2n) is 4.53. The number of thiol groups is 1. The minimum atomic E-state index is -0.256. The summed E-state index contributed by atoms with van der Waals surface area (Å²) in [6.07, 6.45) is 3.51.